The van der Waals surface area contributed by atoms with Gasteiger partial charge in [0, 0.05) is 28.1 Å². The second-order valence-electron chi connectivity index (χ2n) is 7.40. The molecule has 0 saturated heterocycles. The molecule has 0 amide bonds. The van der Waals surface area contributed by atoms with Gasteiger partial charge in [0.05, 0.1) is 11.6 Å². The summed E-state index contributed by atoms with van der Waals surface area (Å²) in [6.07, 6.45) is 2.96. The molecule has 0 saturated carbocycles. The molecule has 7 nitrogen and oxygen atoms in total. The van der Waals surface area contributed by atoms with E-state index in [2.05, 4.69) is 24.0 Å². The summed E-state index contributed by atoms with van der Waals surface area (Å²) < 4.78 is 2.81. The van der Waals surface area contributed by atoms with Gasteiger partial charge in [-0.1, -0.05) is 29.8 Å². The van der Waals surface area contributed by atoms with E-state index in [1.807, 2.05) is 40.8 Å². The van der Waals surface area contributed by atoms with Crippen LogP contribution in [0.1, 0.15) is 33.0 Å². The third-order valence-electron chi connectivity index (χ3n) is 5.40. The SMILES string of the molecule is Cc1sc2c(c1C)C(c1ccccc1Cl)=NN(Cc1cc[n+]([O-])cc1)c1nnc(C)n1-2. The van der Waals surface area contributed by atoms with Crippen molar-refractivity contribution in [2.45, 2.75) is 27.3 Å². The Kier molecular flexibility index (Phi) is 4.75. The topological polar surface area (TPSA) is 73.2 Å². The number of hydrogen-bond acceptors (Lipinski definition) is 6. The first-order valence-electron chi connectivity index (χ1n) is 9.75. The van der Waals surface area contributed by atoms with Gasteiger partial charge >= 0.3 is 0 Å². The van der Waals surface area contributed by atoms with E-state index in [9.17, 15) is 5.21 Å². The quantitative estimate of drug-likeness (QED) is 0.344. The van der Waals surface area contributed by atoms with Gasteiger partial charge < -0.3 is 5.21 Å². The molecule has 0 aliphatic carbocycles. The van der Waals surface area contributed by atoms with E-state index in [0.29, 0.717) is 17.5 Å². The zero-order valence-electron chi connectivity index (χ0n) is 17.2. The minimum atomic E-state index is 0.430. The van der Waals surface area contributed by atoms with Crippen molar-refractivity contribution in [2.24, 2.45) is 5.10 Å². The van der Waals surface area contributed by atoms with Crippen molar-refractivity contribution >= 4 is 34.6 Å². The standard InChI is InChI=1S/C22H19ClN6OS/c1-13-14(2)31-21-19(13)20(17-6-4-5-7-18(17)23)26-28(22-25-24-15(3)29(21)22)12-16-8-10-27(30)11-9-16/h4-11H,12H2,1-3H3. The van der Waals surface area contributed by atoms with Gasteiger partial charge in [0.25, 0.3) is 5.95 Å². The maximum atomic E-state index is 11.5. The second-order valence-corrected chi connectivity index (χ2v) is 9.01. The van der Waals surface area contributed by atoms with Crippen molar-refractivity contribution in [3.8, 4) is 5.00 Å². The first-order chi connectivity index (χ1) is 14.9. The fraction of sp³-hybridized carbons (Fsp3) is 0.182. The van der Waals surface area contributed by atoms with Crippen LogP contribution in [-0.4, -0.2) is 20.5 Å². The Hall–Kier alpha value is -3.23. The fourth-order valence-electron chi connectivity index (χ4n) is 3.69. The zero-order chi connectivity index (χ0) is 21.7. The smallest absolute Gasteiger partial charge is 0.253 e. The van der Waals surface area contributed by atoms with Crippen molar-refractivity contribution in [3.63, 3.8) is 0 Å². The van der Waals surface area contributed by atoms with Crippen LogP contribution in [0.2, 0.25) is 5.02 Å². The Morgan fingerprint density at radius 3 is 2.55 bits per heavy atom. The third-order valence-corrected chi connectivity index (χ3v) is 6.92. The predicted octanol–water partition coefficient (Wildman–Crippen LogP) is 4.31. The van der Waals surface area contributed by atoms with Gasteiger partial charge in [-0.15, -0.1) is 21.5 Å². The molecule has 0 unspecified atom stereocenters. The molecule has 3 aromatic heterocycles. The van der Waals surface area contributed by atoms with Gasteiger partial charge in [-0.3, -0.25) is 4.57 Å². The summed E-state index contributed by atoms with van der Waals surface area (Å²) in [6, 6.07) is 11.3. The highest BCUT2D eigenvalue weighted by Crippen LogP contribution is 2.39. The highest BCUT2D eigenvalue weighted by atomic mass is 35.5. The van der Waals surface area contributed by atoms with Crippen LogP contribution in [0.4, 0.5) is 5.95 Å². The summed E-state index contributed by atoms with van der Waals surface area (Å²) in [7, 11) is 0. The van der Waals surface area contributed by atoms with Gasteiger partial charge in [-0.05, 0) is 38.0 Å². The van der Waals surface area contributed by atoms with Crippen molar-refractivity contribution in [1.82, 2.24) is 14.8 Å². The number of benzene rings is 1. The van der Waals surface area contributed by atoms with Crippen molar-refractivity contribution < 1.29 is 4.73 Å². The molecule has 0 spiro atoms. The maximum absolute atomic E-state index is 11.5. The molecule has 4 heterocycles. The monoisotopic (exact) mass is 450 g/mol. The molecule has 0 fully saturated rings. The largest absolute Gasteiger partial charge is 0.619 e. The molecule has 1 aliphatic rings. The van der Waals surface area contributed by atoms with Crippen LogP contribution in [-0.2, 0) is 6.54 Å². The van der Waals surface area contributed by atoms with E-state index in [4.69, 9.17) is 16.7 Å². The first-order valence-corrected chi connectivity index (χ1v) is 10.9. The van der Waals surface area contributed by atoms with E-state index in [-0.39, 0.29) is 0 Å². The summed E-state index contributed by atoms with van der Waals surface area (Å²) in [5.74, 6) is 1.41. The number of thiophene rings is 1. The summed E-state index contributed by atoms with van der Waals surface area (Å²) in [5.41, 5.74) is 4.78. The Bertz CT molecular complexity index is 1320. The van der Waals surface area contributed by atoms with Gasteiger partial charge in [0.2, 0.25) is 0 Å². The lowest BCUT2D eigenvalue weighted by atomic mass is 10.00. The molecule has 1 aliphatic heterocycles. The number of anilines is 1. The number of pyridine rings is 1. The van der Waals surface area contributed by atoms with Crippen LogP contribution in [0.25, 0.3) is 5.00 Å². The van der Waals surface area contributed by atoms with Gasteiger partial charge in [-0.2, -0.15) is 9.83 Å². The maximum Gasteiger partial charge on any atom is 0.253 e. The number of aryl methyl sites for hydroxylation is 2. The van der Waals surface area contributed by atoms with Crippen LogP contribution >= 0.6 is 22.9 Å². The van der Waals surface area contributed by atoms with Crippen molar-refractivity contribution in [1.29, 1.82) is 0 Å². The Morgan fingerprint density at radius 1 is 1.06 bits per heavy atom. The third kappa shape index (κ3) is 3.28. The van der Waals surface area contributed by atoms with E-state index in [1.54, 1.807) is 23.5 Å². The lowest BCUT2D eigenvalue weighted by Crippen LogP contribution is -2.25. The van der Waals surface area contributed by atoms with E-state index < -0.39 is 0 Å². The van der Waals surface area contributed by atoms with E-state index in [1.165, 1.54) is 17.3 Å². The molecular weight excluding hydrogens is 432 g/mol. The Balaban J connectivity index is 1.77. The number of halogens is 1. The number of fused-ring (bicyclic) bond motifs is 3. The lowest BCUT2D eigenvalue weighted by Gasteiger charge is -2.18. The number of nitrogens with zero attached hydrogens (tertiary/aromatic N) is 6. The van der Waals surface area contributed by atoms with E-state index >= 15 is 0 Å². The van der Waals surface area contributed by atoms with Gasteiger partial charge in [0.1, 0.15) is 16.5 Å². The Labute approximate surface area is 188 Å². The number of hydrazone groups is 1. The zero-order valence-corrected chi connectivity index (χ0v) is 18.8. The number of aromatic nitrogens is 4. The molecule has 31 heavy (non-hydrogen) atoms. The molecular formula is C22H19ClN6OS. The molecule has 0 N–H and O–H groups in total. The highest BCUT2D eigenvalue weighted by Gasteiger charge is 2.30. The average molecular weight is 451 g/mol. The summed E-state index contributed by atoms with van der Waals surface area (Å²) in [4.78, 5) is 1.21. The molecule has 0 radical (unpaired) electrons. The van der Waals surface area contributed by atoms with Crippen LogP contribution in [0.3, 0.4) is 0 Å². The van der Waals surface area contributed by atoms with E-state index in [0.717, 1.165) is 43.5 Å². The van der Waals surface area contributed by atoms with Gasteiger partial charge in [0.15, 0.2) is 12.4 Å². The first kappa shape index (κ1) is 19.7. The average Bonchev–Trinajstić information content (AvgIpc) is 3.22. The molecule has 4 aromatic rings. The van der Waals surface area contributed by atoms with Crippen molar-refractivity contribution in [3.05, 3.63) is 92.0 Å². The fourth-order valence-corrected chi connectivity index (χ4v) is 5.11. The van der Waals surface area contributed by atoms with Crippen LogP contribution in [0.15, 0.2) is 53.9 Å². The summed E-state index contributed by atoms with van der Waals surface area (Å²) in [5, 5.41) is 28.8. The molecule has 1 aromatic carbocycles. The molecule has 0 bridgehead atoms. The normalized spacial score (nSPS) is 12.9. The molecule has 9 heteroatoms. The molecule has 5 rings (SSSR count). The van der Waals surface area contributed by atoms with Crippen LogP contribution in [0.5, 0.6) is 0 Å². The molecule has 156 valence electrons. The van der Waals surface area contributed by atoms with Crippen molar-refractivity contribution in [2.75, 3.05) is 5.01 Å². The summed E-state index contributed by atoms with van der Waals surface area (Å²) >= 11 is 8.30. The number of hydrogen-bond donors (Lipinski definition) is 0. The Morgan fingerprint density at radius 2 is 1.81 bits per heavy atom. The minimum Gasteiger partial charge on any atom is -0.619 e. The number of rotatable bonds is 3. The summed E-state index contributed by atoms with van der Waals surface area (Å²) in [6.45, 7) is 6.58. The minimum absolute atomic E-state index is 0.430. The van der Waals surface area contributed by atoms with Gasteiger partial charge in [-0.25, -0.2) is 5.01 Å². The van der Waals surface area contributed by atoms with Crippen LogP contribution in [0, 0.1) is 26.0 Å². The highest BCUT2D eigenvalue weighted by molar-refractivity contribution is 7.15. The lowest BCUT2D eigenvalue weighted by molar-refractivity contribution is -0.605. The molecule has 0 atom stereocenters. The second kappa shape index (κ2) is 7.47. The van der Waals surface area contributed by atoms with Crippen LogP contribution < -0.4 is 9.74 Å². The predicted molar refractivity (Wildman–Crippen MR) is 122 cm³/mol.